The number of hydrogen-bond donors (Lipinski definition) is 1. The molecule has 1 heterocycles. The molecule has 1 saturated heterocycles. The minimum atomic E-state index is 0.427. The summed E-state index contributed by atoms with van der Waals surface area (Å²) in [6.45, 7) is 4.31. The number of nitrogens with one attached hydrogen (secondary N) is 1. The summed E-state index contributed by atoms with van der Waals surface area (Å²) in [4.78, 5) is 2.69. The van der Waals surface area contributed by atoms with E-state index in [1.807, 2.05) is 60.7 Å². The Kier molecular flexibility index (Phi) is 7.24. The van der Waals surface area contributed by atoms with Crippen LogP contribution < -0.4 is 14.8 Å². The average molecular weight is 443 g/mol. The minimum Gasteiger partial charge on any atom is -0.453 e. The summed E-state index contributed by atoms with van der Waals surface area (Å²) in [6, 6.07) is 27.0. The van der Waals surface area contributed by atoms with Gasteiger partial charge in [0.15, 0.2) is 11.5 Å². The highest BCUT2D eigenvalue weighted by molar-refractivity contribution is 5.48. The second kappa shape index (κ2) is 10.9. The van der Waals surface area contributed by atoms with Crippen LogP contribution >= 0.6 is 0 Å². The molecular weight excluding hydrogens is 408 g/mol. The molecule has 33 heavy (non-hydrogen) atoms. The summed E-state index contributed by atoms with van der Waals surface area (Å²) in [7, 11) is 0. The lowest BCUT2D eigenvalue weighted by molar-refractivity contribution is 0.103. The number of para-hydroxylation sites is 2. The number of hydrogen-bond acceptors (Lipinski definition) is 4. The van der Waals surface area contributed by atoms with Crippen molar-refractivity contribution in [3.05, 3.63) is 84.4 Å². The van der Waals surface area contributed by atoms with E-state index in [2.05, 4.69) is 28.4 Å². The SMILES string of the molecule is c1ccc(Oc2ccc([C@@H](C3CCCCC3)N3CCNCC3)cc2Oc2ccccc2)cc1. The van der Waals surface area contributed by atoms with E-state index in [-0.39, 0.29) is 0 Å². The van der Waals surface area contributed by atoms with E-state index in [1.54, 1.807) is 0 Å². The van der Waals surface area contributed by atoms with Gasteiger partial charge in [-0.25, -0.2) is 0 Å². The molecule has 0 radical (unpaired) electrons. The predicted octanol–water partition coefficient (Wildman–Crippen LogP) is 6.80. The topological polar surface area (TPSA) is 33.7 Å². The summed E-state index contributed by atoms with van der Waals surface area (Å²) in [6.07, 6.45) is 6.68. The number of rotatable bonds is 7. The molecule has 1 N–H and O–H groups in total. The molecule has 1 aliphatic heterocycles. The second-order valence-electron chi connectivity index (χ2n) is 9.17. The fraction of sp³-hybridized carbons (Fsp3) is 0.379. The highest BCUT2D eigenvalue weighted by Crippen LogP contribution is 2.43. The summed E-state index contributed by atoms with van der Waals surface area (Å²) >= 11 is 0. The number of benzene rings is 3. The van der Waals surface area contributed by atoms with Crippen molar-refractivity contribution in [2.24, 2.45) is 5.92 Å². The molecule has 0 aromatic heterocycles. The fourth-order valence-electron chi connectivity index (χ4n) is 5.30. The van der Waals surface area contributed by atoms with Gasteiger partial charge in [0.25, 0.3) is 0 Å². The maximum Gasteiger partial charge on any atom is 0.170 e. The molecule has 3 aromatic rings. The molecule has 1 saturated carbocycles. The maximum absolute atomic E-state index is 6.39. The van der Waals surface area contributed by atoms with Crippen LogP contribution in [0, 0.1) is 5.92 Å². The lowest BCUT2D eigenvalue weighted by Gasteiger charge is -2.41. The zero-order valence-electron chi connectivity index (χ0n) is 19.3. The van der Waals surface area contributed by atoms with Gasteiger partial charge in [0.05, 0.1) is 0 Å². The Balaban J connectivity index is 1.50. The smallest absolute Gasteiger partial charge is 0.170 e. The molecule has 2 aliphatic rings. The van der Waals surface area contributed by atoms with E-state index < -0.39 is 0 Å². The van der Waals surface area contributed by atoms with Crippen molar-refractivity contribution in [1.29, 1.82) is 0 Å². The summed E-state index contributed by atoms with van der Waals surface area (Å²) in [5, 5.41) is 3.52. The number of nitrogens with zero attached hydrogens (tertiary/aromatic N) is 1. The van der Waals surface area contributed by atoms with Crippen LogP contribution in [0.4, 0.5) is 0 Å². The first-order valence-corrected chi connectivity index (χ1v) is 12.4. The van der Waals surface area contributed by atoms with Gasteiger partial charge in [-0.1, -0.05) is 61.7 Å². The zero-order valence-corrected chi connectivity index (χ0v) is 19.3. The molecular formula is C29H34N2O2. The van der Waals surface area contributed by atoms with Gasteiger partial charge in [-0.15, -0.1) is 0 Å². The van der Waals surface area contributed by atoms with Gasteiger partial charge >= 0.3 is 0 Å². The van der Waals surface area contributed by atoms with E-state index in [4.69, 9.17) is 9.47 Å². The van der Waals surface area contributed by atoms with Crippen molar-refractivity contribution in [2.75, 3.05) is 26.2 Å². The third-order valence-corrected chi connectivity index (χ3v) is 6.89. The Morgan fingerprint density at radius 2 is 1.30 bits per heavy atom. The fourth-order valence-corrected chi connectivity index (χ4v) is 5.30. The monoisotopic (exact) mass is 442 g/mol. The molecule has 3 aromatic carbocycles. The summed E-state index contributed by atoms with van der Waals surface area (Å²) < 4.78 is 12.7. The van der Waals surface area contributed by atoms with Crippen LogP contribution in [0.25, 0.3) is 0 Å². The van der Waals surface area contributed by atoms with E-state index in [1.165, 1.54) is 37.7 Å². The van der Waals surface area contributed by atoms with Crippen molar-refractivity contribution in [3.63, 3.8) is 0 Å². The Morgan fingerprint density at radius 1 is 0.697 bits per heavy atom. The first kappa shape index (κ1) is 22.0. The third kappa shape index (κ3) is 5.58. The number of piperazine rings is 1. The normalized spacial score (nSPS) is 18.5. The highest BCUT2D eigenvalue weighted by atomic mass is 16.5. The third-order valence-electron chi connectivity index (χ3n) is 6.89. The van der Waals surface area contributed by atoms with Gasteiger partial charge in [0.1, 0.15) is 11.5 Å². The Morgan fingerprint density at radius 3 is 1.94 bits per heavy atom. The Labute approximate surface area is 197 Å². The minimum absolute atomic E-state index is 0.427. The van der Waals surface area contributed by atoms with Crippen LogP contribution in [-0.4, -0.2) is 31.1 Å². The quantitative estimate of drug-likeness (QED) is 0.436. The summed E-state index contributed by atoms with van der Waals surface area (Å²) in [5.74, 6) is 3.86. The Bertz CT molecular complexity index is 979. The predicted molar refractivity (Wildman–Crippen MR) is 133 cm³/mol. The van der Waals surface area contributed by atoms with E-state index in [0.29, 0.717) is 12.0 Å². The molecule has 2 fully saturated rings. The van der Waals surface area contributed by atoms with Crippen LogP contribution in [0.1, 0.15) is 43.7 Å². The molecule has 0 unspecified atom stereocenters. The largest absolute Gasteiger partial charge is 0.453 e. The lowest BCUT2D eigenvalue weighted by Crippen LogP contribution is -2.47. The van der Waals surface area contributed by atoms with Crippen LogP contribution in [0.2, 0.25) is 0 Å². The van der Waals surface area contributed by atoms with Crippen molar-refractivity contribution in [2.45, 2.75) is 38.1 Å². The molecule has 172 valence electrons. The second-order valence-corrected chi connectivity index (χ2v) is 9.17. The maximum atomic E-state index is 6.39. The Hall–Kier alpha value is -2.82. The zero-order chi connectivity index (χ0) is 22.3. The number of ether oxygens (including phenoxy) is 2. The van der Waals surface area contributed by atoms with Gasteiger partial charge in [-0.2, -0.15) is 0 Å². The van der Waals surface area contributed by atoms with Gasteiger partial charge in [-0.3, -0.25) is 4.90 Å². The van der Waals surface area contributed by atoms with E-state index in [0.717, 1.165) is 49.2 Å². The highest BCUT2D eigenvalue weighted by Gasteiger charge is 2.31. The molecule has 4 nitrogen and oxygen atoms in total. The lowest BCUT2D eigenvalue weighted by atomic mass is 9.80. The van der Waals surface area contributed by atoms with Crippen molar-refractivity contribution >= 4 is 0 Å². The first-order chi connectivity index (χ1) is 16.4. The van der Waals surface area contributed by atoms with Crippen LogP contribution in [-0.2, 0) is 0 Å². The summed E-state index contributed by atoms with van der Waals surface area (Å²) in [5.41, 5.74) is 1.34. The molecule has 0 spiro atoms. The van der Waals surface area contributed by atoms with Crippen molar-refractivity contribution < 1.29 is 9.47 Å². The van der Waals surface area contributed by atoms with Crippen molar-refractivity contribution in [3.8, 4) is 23.0 Å². The van der Waals surface area contributed by atoms with E-state index >= 15 is 0 Å². The molecule has 1 atom stereocenters. The molecule has 4 heteroatoms. The van der Waals surface area contributed by atoms with Crippen LogP contribution in [0.3, 0.4) is 0 Å². The van der Waals surface area contributed by atoms with Crippen LogP contribution in [0.5, 0.6) is 23.0 Å². The van der Waals surface area contributed by atoms with Gasteiger partial charge in [-0.05, 0) is 60.7 Å². The van der Waals surface area contributed by atoms with Crippen molar-refractivity contribution in [1.82, 2.24) is 10.2 Å². The van der Waals surface area contributed by atoms with Crippen LogP contribution in [0.15, 0.2) is 78.9 Å². The van der Waals surface area contributed by atoms with Gasteiger partial charge in [0, 0.05) is 32.2 Å². The molecule has 0 amide bonds. The van der Waals surface area contributed by atoms with E-state index in [9.17, 15) is 0 Å². The average Bonchev–Trinajstić information content (AvgIpc) is 2.88. The standard InChI is InChI=1S/C29H34N2O2/c1-4-10-23(11-5-1)29(31-20-18-30-19-21-31)24-16-17-27(32-25-12-6-2-7-13-25)28(22-24)33-26-14-8-3-9-15-26/h2-3,6-9,12-17,22-23,29-30H,1,4-5,10-11,18-21H2/t29-/m1/s1. The van der Waals surface area contributed by atoms with Gasteiger partial charge < -0.3 is 14.8 Å². The van der Waals surface area contributed by atoms with Gasteiger partial charge in [0.2, 0.25) is 0 Å². The molecule has 1 aliphatic carbocycles. The molecule has 5 rings (SSSR count). The first-order valence-electron chi connectivity index (χ1n) is 12.4. The molecule has 0 bridgehead atoms.